The van der Waals surface area contributed by atoms with Gasteiger partial charge < -0.3 is 19.4 Å². The normalized spacial score (nSPS) is 19.2. The van der Waals surface area contributed by atoms with Gasteiger partial charge in [0.1, 0.15) is 11.6 Å². The fraction of sp³-hybridized carbons (Fsp3) is 0.261. The SMILES string of the molecule is CC1CN(c2ccc(NC(=O)c3ccc(-c4ccc(F)cc4)o3)cc2)CC(C)O1. The van der Waals surface area contributed by atoms with Gasteiger partial charge in [0.25, 0.3) is 5.91 Å². The quantitative estimate of drug-likeness (QED) is 0.680. The summed E-state index contributed by atoms with van der Waals surface area (Å²) in [6.07, 6.45) is 0.375. The van der Waals surface area contributed by atoms with Crippen LogP contribution in [-0.4, -0.2) is 31.2 Å². The number of carbonyl (C=O) groups excluding carboxylic acids is 1. The molecule has 1 fully saturated rings. The van der Waals surface area contributed by atoms with E-state index < -0.39 is 0 Å². The number of nitrogens with one attached hydrogen (secondary N) is 1. The molecular formula is C23H23FN2O3. The summed E-state index contributed by atoms with van der Waals surface area (Å²) in [7, 11) is 0. The molecule has 0 aliphatic carbocycles. The van der Waals surface area contributed by atoms with Gasteiger partial charge in [-0.3, -0.25) is 4.79 Å². The molecular weight excluding hydrogens is 371 g/mol. The van der Waals surface area contributed by atoms with E-state index in [-0.39, 0.29) is 29.7 Å². The lowest BCUT2D eigenvalue weighted by Gasteiger charge is -2.36. The van der Waals surface area contributed by atoms with Crippen LogP contribution in [0.4, 0.5) is 15.8 Å². The lowest BCUT2D eigenvalue weighted by Crippen LogP contribution is -2.45. The van der Waals surface area contributed by atoms with Crippen LogP contribution < -0.4 is 10.2 Å². The maximum Gasteiger partial charge on any atom is 0.291 e. The first-order chi connectivity index (χ1) is 14.0. The van der Waals surface area contributed by atoms with Crippen LogP contribution in [0.3, 0.4) is 0 Å². The van der Waals surface area contributed by atoms with Crippen molar-refractivity contribution in [2.45, 2.75) is 26.1 Å². The molecule has 29 heavy (non-hydrogen) atoms. The number of ether oxygens (including phenoxy) is 1. The Morgan fingerprint density at radius 2 is 1.62 bits per heavy atom. The Hall–Kier alpha value is -3.12. The molecule has 2 atom stereocenters. The molecule has 1 aromatic heterocycles. The van der Waals surface area contributed by atoms with Crippen LogP contribution >= 0.6 is 0 Å². The van der Waals surface area contributed by atoms with Crippen molar-refractivity contribution in [3.05, 3.63) is 72.2 Å². The lowest BCUT2D eigenvalue weighted by atomic mass is 10.2. The molecule has 2 unspecified atom stereocenters. The average Bonchev–Trinajstić information content (AvgIpc) is 3.19. The van der Waals surface area contributed by atoms with E-state index in [1.54, 1.807) is 24.3 Å². The largest absolute Gasteiger partial charge is 0.451 e. The Morgan fingerprint density at radius 3 is 2.28 bits per heavy atom. The highest BCUT2D eigenvalue weighted by atomic mass is 19.1. The van der Waals surface area contributed by atoms with Crippen LogP contribution in [0.2, 0.25) is 0 Å². The first kappa shape index (κ1) is 19.2. The number of furan rings is 1. The fourth-order valence-corrected chi connectivity index (χ4v) is 3.57. The number of benzene rings is 2. The molecule has 1 N–H and O–H groups in total. The molecule has 2 heterocycles. The molecule has 2 aromatic carbocycles. The first-order valence-corrected chi connectivity index (χ1v) is 9.65. The number of carbonyl (C=O) groups is 1. The zero-order valence-corrected chi connectivity index (χ0v) is 16.4. The molecule has 5 nitrogen and oxygen atoms in total. The van der Waals surface area contributed by atoms with Crippen molar-refractivity contribution in [3.63, 3.8) is 0 Å². The summed E-state index contributed by atoms with van der Waals surface area (Å²) >= 11 is 0. The van der Waals surface area contributed by atoms with E-state index >= 15 is 0 Å². The van der Waals surface area contributed by atoms with Crippen LogP contribution in [0.15, 0.2) is 65.1 Å². The maximum atomic E-state index is 13.1. The topological polar surface area (TPSA) is 54.7 Å². The van der Waals surface area contributed by atoms with Crippen molar-refractivity contribution in [3.8, 4) is 11.3 Å². The number of halogens is 1. The predicted octanol–water partition coefficient (Wildman–Crippen LogP) is 4.95. The van der Waals surface area contributed by atoms with Crippen LogP contribution in [0.25, 0.3) is 11.3 Å². The average molecular weight is 394 g/mol. The minimum Gasteiger partial charge on any atom is -0.451 e. The van der Waals surface area contributed by atoms with Crippen molar-refractivity contribution < 1.29 is 18.3 Å². The van der Waals surface area contributed by atoms with Gasteiger partial charge in [-0.1, -0.05) is 0 Å². The predicted molar refractivity (Wildman–Crippen MR) is 111 cm³/mol. The summed E-state index contributed by atoms with van der Waals surface area (Å²) in [6.45, 7) is 5.82. The van der Waals surface area contributed by atoms with Gasteiger partial charge in [0.05, 0.1) is 12.2 Å². The van der Waals surface area contributed by atoms with Crippen molar-refractivity contribution in [2.24, 2.45) is 0 Å². The second-order valence-electron chi connectivity index (χ2n) is 7.33. The minimum atomic E-state index is -0.334. The summed E-state index contributed by atoms with van der Waals surface area (Å²) in [4.78, 5) is 14.8. The van der Waals surface area contributed by atoms with Gasteiger partial charge in [0.2, 0.25) is 0 Å². The van der Waals surface area contributed by atoms with Gasteiger partial charge >= 0.3 is 0 Å². The highest BCUT2D eigenvalue weighted by Gasteiger charge is 2.22. The van der Waals surface area contributed by atoms with Gasteiger partial charge in [-0.15, -0.1) is 0 Å². The molecule has 0 saturated carbocycles. The smallest absolute Gasteiger partial charge is 0.291 e. The van der Waals surface area contributed by atoms with Crippen molar-refractivity contribution >= 4 is 17.3 Å². The van der Waals surface area contributed by atoms with Crippen LogP contribution in [0, 0.1) is 5.82 Å². The van der Waals surface area contributed by atoms with E-state index in [9.17, 15) is 9.18 Å². The van der Waals surface area contributed by atoms with Gasteiger partial charge in [-0.05, 0) is 74.5 Å². The first-order valence-electron chi connectivity index (χ1n) is 9.65. The third kappa shape index (κ3) is 4.49. The summed E-state index contributed by atoms with van der Waals surface area (Å²) < 4.78 is 24.5. The molecule has 1 saturated heterocycles. The number of hydrogen-bond acceptors (Lipinski definition) is 4. The minimum absolute atomic E-state index is 0.187. The Labute approximate surface area is 169 Å². The Kier molecular flexibility index (Phi) is 5.36. The van der Waals surface area contributed by atoms with Gasteiger partial charge in [-0.25, -0.2) is 4.39 Å². The van der Waals surface area contributed by atoms with E-state index in [0.29, 0.717) is 17.0 Å². The molecule has 150 valence electrons. The standard InChI is InChI=1S/C23H23FN2O3/c1-15-13-26(14-16(2)28-15)20-9-7-19(8-10-20)25-23(27)22-12-11-21(29-22)17-3-5-18(24)6-4-17/h3-12,15-16H,13-14H2,1-2H3,(H,25,27). The van der Waals surface area contributed by atoms with Crippen molar-refractivity contribution in [1.82, 2.24) is 0 Å². The number of hydrogen-bond donors (Lipinski definition) is 1. The zero-order chi connectivity index (χ0) is 20.4. The van der Waals surface area contributed by atoms with Crippen LogP contribution in [0.1, 0.15) is 24.4 Å². The van der Waals surface area contributed by atoms with E-state index in [1.807, 2.05) is 24.3 Å². The van der Waals surface area contributed by atoms with E-state index in [1.165, 1.54) is 12.1 Å². The highest BCUT2D eigenvalue weighted by molar-refractivity contribution is 6.02. The number of morpholine rings is 1. The summed E-state index contributed by atoms with van der Waals surface area (Å²) in [6, 6.07) is 17.0. The van der Waals surface area contributed by atoms with E-state index in [0.717, 1.165) is 18.8 Å². The van der Waals surface area contributed by atoms with Gasteiger partial charge in [0.15, 0.2) is 5.76 Å². The second kappa shape index (κ2) is 8.09. The number of rotatable bonds is 4. The molecule has 3 aromatic rings. The fourth-order valence-electron chi connectivity index (χ4n) is 3.57. The zero-order valence-electron chi connectivity index (χ0n) is 16.4. The van der Waals surface area contributed by atoms with Crippen LogP contribution in [-0.2, 0) is 4.74 Å². The van der Waals surface area contributed by atoms with Crippen molar-refractivity contribution in [1.29, 1.82) is 0 Å². The monoisotopic (exact) mass is 394 g/mol. The number of amides is 1. The Bertz CT molecular complexity index is 972. The molecule has 6 heteroatoms. The Morgan fingerprint density at radius 1 is 0.966 bits per heavy atom. The number of anilines is 2. The third-order valence-corrected chi connectivity index (χ3v) is 4.87. The molecule has 0 radical (unpaired) electrons. The molecule has 1 aliphatic heterocycles. The third-order valence-electron chi connectivity index (χ3n) is 4.87. The van der Waals surface area contributed by atoms with Gasteiger partial charge in [0, 0.05) is 30.0 Å². The summed E-state index contributed by atoms with van der Waals surface area (Å²) in [5.74, 6) is 0.0627. The Balaban J connectivity index is 1.42. The van der Waals surface area contributed by atoms with Crippen LogP contribution in [0.5, 0.6) is 0 Å². The summed E-state index contributed by atoms with van der Waals surface area (Å²) in [5.41, 5.74) is 2.50. The molecule has 1 aliphatic rings. The second-order valence-corrected chi connectivity index (χ2v) is 7.33. The maximum absolute atomic E-state index is 13.1. The number of nitrogens with zero attached hydrogens (tertiary/aromatic N) is 1. The summed E-state index contributed by atoms with van der Waals surface area (Å²) in [5, 5.41) is 2.84. The molecule has 0 spiro atoms. The molecule has 1 amide bonds. The van der Waals surface area contributed by atoms with E-state index in [2.05, 4.69) is 24.1 Å². The lowest BCUT2D eigenvalue weighted by molar-refractivity contribution is -0.00521. The molecule has 0 bridgehead atoms. The van der Waals surface area contributed by atoms with Crippen molar-refractivity contribution in [2.75, 3.05) is 23.3 Å². The van der Waals surface area contributed by atoms with Gasteiger partial charge in [-0.2, -0.15) is 0 Å². The molecule has 4 rings (SSSR count). The highest BCUT2D eigenvalue weighted by Crippen LogP contribution is 2.25. The van der Waals surface area contributed by atoms with E-state index in [4.69, 9.17) is 9.15 Å².